The molecule has 4 saturated carbocycles. The van der Waals surface area contributed by atoms with E-state index in [1.807, 2.05) is 6.20 Å². The van der Waals surface area contributed by atoms with E-state index in [4.69, 9.17) is 4.98 Å². The monoisotopic (exact) mass is 340 g/mol. The van der Waals surface area contributed by atoms with Crippen LogP contribution in [0.1, 0.15) is 44.9 Å². The van der Waals surface area contributed by atoms with E-state index in [-0.39, 0.29) is 0 Å². The van der Waals surface area contributed by atoms with Gasteiger partial charge in [0.2, 0.25) is 0 Å². The first-order valence-corrected chi connectivity index (χ1v) is 10.3. The zero-order valence-corrected chi connectivity index (χ0v) is 15.7. The first-order chi connectivity index (χ1) is 12.1. The van der Waals surface area contributed by atoms with Crippen LogP contribution in [0.15, 0.2) is 18.3 Å². The molecule has 136 valence electrons. The molecule has 5 aliphatic rings. The molecule has 0 amide bonds. The molecule has 4 heteroatoms. The summed E-state index contributed by atoms with van der Waals surface area (Å²) in [4.78, 5) is 9.88. The summed E-state index contributed by atoms with van der Waals surface area (Å²) in [5.41, 5.74) is 1.73. The van der Waals surface area contributed by atoms with Crippen LogP contribution in [0.5, 0.6) is 0 Å². The van der Waals surface area contributed by atoms with Crippen LogP contribution < -0.4 is 15.1 Å². The molecule has 25 heavy (non-hydrogen) atoms. The second-order valence-corrected chi connectivity index (χ2v) is 9.29. The molecule has 0 aromatic carbocycles. The number of nitrogens with one attached hydrogen (secondary N) is 1. The van der Waals surface area contributed by atoms with Crippen molar-refractivity contribution in [3.05, 3.63) is 18.3 Å². The number of nitrogens with zero attached hydrogens (tertiary/aromatic N) is 3. The van der Waals surface area contributed by atoms with Crippen molar-refractivity contribution in [1.29, 1.82) is 0 Å². The van der Waals surface area contributed by atoms with E-state index in [1.165, 1.54) is 56.5 Å². The molecule has 1 aromatic rings. The Kier molecular flexibility index (Phi) is 3.74. The van der Waals surface area contributed by atoms with Gasteiger partial charge in [0.05, 0.1) is 0 Å². The Labute approximate surface area is 152 Å². The molecule has 6 rings (SSSR count). The molecule has 0 radical (unpaired) electrons. The smallest absolute Gasteiger partial charge is 0.130 e. The minimum atomic E-state index is 0.388. The van der Waals surface area contributed by atoms with Crippen LogP contribution in [-0.2, 0) is 0 Å². The molecule has 4 nitrogen and oxygen atoms in total. The Hall–Kier alpha value is -1.29. The lowest BCUT2D eigenvalue weighted by molar-refractivity contribution is -0.00228. The van der Waals surface area contributed by atoms with Gasteiger partial charge in [-0.25, -0.2) is 4.98 Å². The molecule has 1 saturated heterocycles. The Morgan fingerprint density at radius 3 is 2.44 bits per heavy atom. The average molecular weight is 341 g/mol. The van der Waals surface area contributed by atoms with Crippen molar-refractivity contribution in [2.45, 2.75) is 56.5 Å². The van der Waals surface area contributed by atoms with Crippen molar-refractivity contribution in [1.82, 2.24) is 10.3 Å². The lowest BCUT2D eigenvalue weighted by atomic mass is 9.52. The fraction of sp³-hybridized carbons (Fsp3) is 0.762. The highest BCUT2D eigenvalue weighted by Gasteiger charge is 2.53. The Balaban J connectivity index is 1.39. The molecular weight excluding hydrogens is 308 g/mol. The van der Waals surface area contributed by atoms with Crippen molar-refractivity contribution in [3.8, 4) is 0 Å². The largest absolute Gasteiger partial charge is 0.370 e. The van der Waals surface area contributed by atoms with Crippen LogP contribution in [0.3, 0.4) is 0 Å². The van der Waals surface area contributed by atoms with Gasteiger partial charge < -0.3 is 15.1 Å². The summed E-state index contributed by atoms with van der Waals surface area (Å²) < 4.78 is 0. The third-order valence-electron chi connectivity index (χ3n) is 7.75. The van der Waals surface area contributed by atoms with Gasteiger partial charge in [-0.1, -0.05) is 0 Å². The normalized spacial score (nSPS) is 39.2. The molecule has 1 atom stereocenters. The quantitative estimate of drug-likeness (QED) is 0.911. The van der Waals surface area contributed by atoms with Gasteiger partial charge in [0.15, 0.2) is 0 Å². The lowest BCUT2D eigenvalue weighted by Gasteiger charge is -2.60. The second-order valence-electron chi connectivity index (χ2n) is 9.29. The van der Waals surface area contributed by atoms with Gasteiger partial charge in [-0.05, 0) is 75.8 Å². The van der Waals surface area contributed by atoms with Crippen molar-refractivity contribution < 1.29 is 0 Å². The molecular formula is C21H32N4. The zero-order chi connectivity index (χ0) is 17.0. The molecule has 4 bridgehead atoms. The molecule has 5 fully saturated rings. The fourth-order valence-corrected chi connectivity index (χ4v) is 6.74. The summed E-state index contributed by atoms with van der Waals surface area (Å²) in [6.07, 6.45) is 11.9. The Morgan fingerprint density at radius 2 is 1.84 bits per heavy atom. The summed E-state index contributed by atoms with van der Waals surface area (Å²) in [7, 11) is 4.40. The number of pyridine rings is 1. The Bertz CT molecular complexity index is 607. The van der Waals surface area contributed by atoms with Crippen LogP contribution in [0.2, 0.25) is 0 Å². The SMILES string of the molecule is CN[C@H]1CCN(c2ccnc(N(C)C34CC5CC(CC(C5)C3)C4)c2)C1. The number of rotatable bonds is 4. The molecule has 0 spiro atoms. The van der Waals surface area contributed by atoms with E-state index >= 15 is 0 Å². The van der Waals surface area contributed by atoms with E-state index in [0.29, 0.717) is 11.6 Å². The number of hydrogen-bond donors (Lipinski definition) is 1. The second kappa shape index (κ2) is 5.87. The highest BCUT2D eigenvalue weighted by atomic mass is 15.2. The molecule has 2 heterocycles. The van der Waals surface area contributed by atoms with Gasteiger partial charge in [0.1, 0.15) is 5.82 Å². The third kappa shape index (κ3) is 2.64. The molecule has 1 aromatic heterocycles. The van der Waals surface area contributed by atoms with Crippen LogP contribution in [-0.4, -0.2) is 43.7 Å². The van der Waals surface area contributed by atoms with Crippen LogP contribution in [0.25, 0.3) is 0 Å². The van der Waals surface area contributed by atoms with Crippen molar-refractivity contribution in [2.24, 2.45) is 17.8 Å². The highest BCUT2D eigenvalue weighted by molar-refractivity contribution is 5.56. The summed E-state index contributed by atoms with van der Waals surface area (Å²) in [5.74, 6) is 4.12. The van der Waals surface area contributed by atoms with Crippen molar-refractivity contribution in [3.63, 3.8) is 0 Å². The number of aromatic nitrogens is 1. The van der Waals surface area contributed by atoms with Crippen LogP contribution in [0, 0.1) is 17.8 Å². The first kappa shape index (κ1) is 15.9. The van der Waals surface area contributed by atoms with E-state index in [0.717, 1.165) is 30.8 Å². The third-order valence-corrected chi connectivity index (χ3v) is 7.75. The van der Waals surface area contributed by atoms with Gasteiger partial charge in [0, 0.05) is 49.7 Å². The number of likely N-dealkylation sites (N-methyl/N-ethyl adjacent to an activating group) is 1. The van der Waals surface area contributed by atoms with Crippen LogP contribution >= 0.6 is 0 Å². The van der Waals surface area contributed by atoms with Gasteiger partial charge in [-0.2, -0.15) is 0 Å². The molecule has 0 unspecified atom stereocenters. The maximum atomic E-state index is 4.79. The van der Waals surface area contributed by atoms with Gasteiger partial charge in [-0.3, -0.25) is 0 Å². The maximum absolute atomic E-state index is 4.79. The predicted octanol–water partition coefficient (Wildman–Crippen LogP) is 3.28. The predicted molar refractivity (Wildman–Crippen MR) is 103 cm³/mol. The summed E-state index contributed by atoms with van der Waals surface area (Å²) in [6.45, 7) is 2.26. The van der Waals surface area contributed by atoms with Crippen LogP contribution in [0.4, 0.5) is 11.5 Å². The standard InChI is InChI=1S/C21H32N4/c1-22-18-4-6-25(14-18)19-3-5-23-20(10-19)24(2)21-11-15-7-16(12-21)9-17(8-15)13-21/h3,5,10,15-18,22H,4,6-9,11-14H2,1-2H3/t15?,16?,17?,18-,21?/m0/s1. The van der Waals surface area contributed by atoms with Gasteiger partial charge in [-0.15, -0.1) is 0 Å². The summed E-state index contributed by atoms with van der Waals surface area (Å²) >= 11 is 0. The molecule has 4 aliphatic carbocycles. The topological polar surface area (TPSA) is 31.4 Å². The van der Waals surface area contributed by atoms with E-state index < -0.39 is 0 Å². The molecule has 1 N–H and O–H groups in total. The minimum Gasteiger partial charge on any atom is -0.370 e. The van der Waals surface area contributed by atoms with E-state index in [1.54, 1.807) is 0 Å². The average Bonchev–Trinajstić information content (AvgIpc) is 3.09. The zero-order valence-electron chi connectivity index (χ0n) is 15.7. The minimum absolute atomic E-state index is 0.388. The van der Waals surface area contributed by atoms with Crippen molar-refractivity contribution in [2.75, 3.05) is 37.0 Å². The molecule has 1 aliphatic heterocycles. The highest BCUT2D eigenvalue weighted by Crippen LogP contribution is 2.58. The van der Waals surface area contributed by atoms with Gasteiger partial charge >= 0.3 is 0 Å². The maximum Gasteiger partial charge on any atom is 0.130 e. The summed E-state index contributed by atoms with van der Waals surface area (Å²) in [5, 5.41) is 3.42. The summed E-state index contributed by atoms with van der Waals surface area (Å²) in [6, 6.07) is 5.16. The Morgan fingerprint density at radius 1 is 1.16 bits per heavy atom. The number of hydrogen-bond acceptors (Lipinski definition) is 4. The fourth-order valence-electron chi connectivity index (χ4n) is 6.74. The number of anilines is 2. The van der Waals surface area contributed by atoms with E-state index in [9.17, 15) is 0 Å². The van der Waals surface area contributed by atoms with Crippen molar-refractivity contribution >= 4 is 11.5 Å². The van der Waals surface area contributed by atoms with E-state index in [2.05, 4.69) is 41.3 Å². The lowest BCUT2D eigenvalue weighted by Crippen LogP contribution is -2.59. The van der Waals surface area contributed by atoms with Gasteiger partial charge in [0.25, 0.3) is 0 Å². The first-order valence-electron chi connectivity index (χ1n) is 10.3.